The molecule has 2 rings (SSSR count). The van der Waals surface area contributed by atoms with Gasteiger partial charge in [0.1, 0.15) is 5.69 Å². The van der Waals surface area contributed by atoms with Crippen LogP contribution in [-0.2, 0) is 0 Å². The van der Waals surface area contributed by atoms with Crippen molar-refractivity contribution in [3.63, 3.8) is 0 Å². The predicted molar refractivity (Wildman–Crippen MR) is 99.2 cm³/mol. The van der Waals surface area contributed by atoms with Crippen LogP contribution in [0.4, 0.5) is 9.59 Å². The van der Waals surface area contributed by atoms with Gasteiger partial charge in [-0.25, -0.2) is 15.0 Å². The van der Waals surface area contributed by atoms with Crippen molar-refractivity contribution >= 4 is 18.3 Å². The molecule has 1 heterocycles. The van der Waals surface area contributed by atoms with Crippen LogP contribution < -0.4 is 15.9 Å². The highest BCUT2D eigenvalue weighted by molar-refractivity contribution is 5.90. The Balaban J connectivity index is 2.62. The van der Waals surface area contributed by atoms with E-state index in [9.17, 15) is 9.59 Å². The lowest BCUT2D eigenvalue weighted by Crippen LogP contribution is -2.26. The average molecular weight is 355 g/mol. The van der Waals surface area contributed by atoms with Gasteiger partial charge in [0, 0.05) is 25.9 Å². The van der Waals surface area contributed by atoms with Gasteiger partial charge in [-0.2, -0.15) is 5.10 Å². The molecular formula is C18H21N5O3. The summed E-state index contributed by atoms with van der Waals surface area (Å²) >= 11 is 0. The summed E-state index contributed by atoms with van der Waals surface area (Å²) in [6.07, 6.45) is 2.31. The molecule has 0 aliphatic rings. The number of nitrogens with two attached hydrogens (primary N) is 1. The topological polar surface area (TPSA) is 110 Å². The van der Waals surface area contributed by atoms with Gasteiger partial charge < -0.3 is 15.4 Å². The summed E-state index contributed by atoms with van der Waals surface area (Å²) < 4.78 is 5.55. The number of pyridine rings is 1. The Kier molecular flexibility index (Phi) is 5.90. The SMILES string of the molecule is Cc1cccc(C)c1-c1ccnc(C=NNC(N)=O)c1OC(=O)N(C)C. The molecule has 0 unspecified atom stereocenters. The lowest BCUT2D eigenvalue weighted by Gasteiger charge is -2.17. The Morgan fingerprint density at radius 3 is 2.46 bits per heavy atom. The van der Waals surface area contributed by atoms with Gasteiger partial charge in [-0.1, -0.05) is 18.2 Å². The Morgan fingerprint density at radius 1 is 1.23 bits per heavy atom. The molecule has 3 N–H and O–H groups in total. The average Bonchev–Trinajstić information content (AvgIpc) is 2.56. The van der Waals surface area contributed by atoms with Gasteiger partial charge in [-0.05, 0) is 36.6 Å². The summed E-state index contributed by atoms with van der Waals surface area (Å²) in [6, 6.07) is 6.87. The monoisotopic (exact) mass is 355 g/mol. The fraction of sp³-hybridized carbons (Fsp3) is 0.222. The molecule has 8 nitrogen and oxygen atoms in total. The van der Waals surface area contributed by atoms with Crippen molar-refractivity contribution in [3.05, 3.63) is 47.3 Å². The highest BCUT2D eigenvalue weighted by atomic mass is 16.6. The number of aromatic nitrogens is 1. The molecule has 8 heteroatoms. The minimum Gasteiger partial charge on any atom is -0.407 e. The van der Waals surface area contributed by atoms with Crippen LogP contribution in [0.1, 0.15) is 16.8 Å². The molecule has 1 aromatic carbocycles. The van der Waals surface area contributed by atoms with Gasteiger partial charge in [0.15, 0.2) is 5.75 Å². The number of carbonyl (C=O) groups excluding carboxylic acids is 2. The van der Waals surface area contributed by atoms with E-state index in [0.717, 1.165) is 16.7 Å². The Labute approximate surface area is 151 Å². The second-order valence-electron chi connectivity index (χ2n) is 5.84. The molecule has 0 bridgehead atoms. The summed E-state index contributed by atoms with van der Waals surface area (Å²) in [4.78, 5) is 28.5. The first kappa shape index (κ1) is 18.9. The van der Waals surface area contributed by atoms with Crippen LogP contribution in [0, 0.1) is 13.8 Å². The molecule has 0 aliphatic heterocycles. The number of primary amides is 1. The molecule has 3 amide bonds. The lowest BCUT2D eigenvalue weighted by atomic mass is 9.95. The third kappa shape index (κ3) is 4.35. The minimum atomic E-state index is -0.806. The summed E-state index contributed by atoms with van der Waals surface area (Å²) in [7, 11) is 3.17. The number of aryl methyl sites for hydroxylation is 2. The molecule has 0 saturated heterocycles. The smallest absolute Gasteiger partial charge is 0.407 e. The third-order valence-electron chi connectivity index (χ3n) is 3.60. The number of carbonyl (C=O) groups is 2. The van der Waals surface area contributed by atoms with E-state index in [1.807, 2.05) is 32.0 Å². The molecule has 0 atom stereocenters. The maximum Gasteiger partial charge on any atom is 0.414 e. The number of ether oxygens (including phenoxy) is 1. The molecule has 0 fully saturated rings. The van der Waals surface area contributed by atoms with Gasteiger partial charge in [0.25, 0.3) is 0 Å². The van der Waals surface area contributed by atoms with Crippen molar-refractivity contribution in [1.82, 2.24) is 15.3 Å². The quantitative estimate of drug-likeness (QED) is 0.648. The van der Waals surface area contributed by atoms with Crippen LogP contribution in [-0.4, -0.2) is 42.3 Å². The molecule has 0 spiro atoms. The maximum atomic E-state index is 12.1. The zero-order valence-corrected chi connectivity index (χ0v) is 15.1. The van der Waals surface area contributed by atoms with Gasteiger partial charge in [0.2, 0.25) is 0 Å². The molecule has 0 saturated carbocycles. The van der Waals surface area contributed by atoms with E-state index in [0.29, 0.717) is 5.56 Å². The molecule has 1 aromatic heterocycles. The number of benzene rings is 1. The molecule has 2 aromatic rings. The predicted octanol–water partition coefficient (Wildman–Crippen LogP) is 2.43. The molecule has 26 heavy (non-hydrogen) atoms. The van der Waals surface area contributed by atoms with Crippen molar-refractivity contribution in [3.8, 4) is 16.9 Å². The van der Waals surface area contributed by atoms with Crippen molar-refractivity contribution in [2.45, 2.75) is 13.8 Å². The van der Waals surface area contributed by atoms with Crippen molar-refractivity contribution < 1.29 is 14.3 Å². The van der Waals surface area contributed by atoms with E-state index in [2.05, 4.69) is 15.5 Å². The van der Waals surface area contributed by atoms with Gasteiger partial charge in [0.05, 0.1) is 6.21 Å². The van der Waals surface area contributed by atoms with Crippen LogP contribution in [0.15, 0.2) is 35.6 Å². The van der Waals surface area contributed by atoms with E-state index in [1.54, 1.807) is 26.4 Å². The van der Waals surface area contributed by atoms with Crippen molar-refractivity contribution in [1.29, 1.82) is 0 Å². The highest BCUT2D eigenvalue weighted by Crippen LogP contribution is 2.36. The lowest BCUT2D eigenvalue weighted by molar-refractivity contribution is 0.172. The summed E-state index contributed by atoms with van der Waals surface area (Å²) in [6.45, 7) is 3.95. The molecule has 136 valence electrons. The number of urea groups is 1. The summed E-state index contributed by atoms with van der Waals surface area (Å²) in [5, 5.41) is 3.72. The molecule has 0 radical (unpaired) electrons. The number of hydrogen-bond donors (Lipinski definition) is 2. The largest absolute Gasteiger partial charge is 0.414 e. The molecule has 0 aliphatic carbocycles. The van der Waals surface area contributed by atoms with E-state index in [-0.39, 0.29) is 11.4 Å². The maximum absolute atomic E-state index is 12.1. The number of amides is 3. The highest BCUT2D eigenvalue weighted by Gasteiger charge is 2.19. The second-order valence-corrected chi connectivity index (χ2v) is 5.84. The van der Waals surface area contributed by atoms with E-state index in [4.69, 9.17) is 10.5 Å². The fourth-order valence-electron chi connectivity index (χ4n) is 2.44. The normalized spacial score (nSPS) is 10.6. The first-order valence-corrected chi connectivity index (χ1v) is 7.84. The summed E-state index contributed by atoms with van der Waals surface area (Å²) in [5.74, 6) is 0.249. The zero-order chi connectivity index (χ0) is 19.3. The van der Waals surface area contributed by atoms with Crippen LogP contribution in [0.3, 0.4) is 0 Å². The van der Waals surface area contributed by atoms with E-state index in [1.165, 1.54) is 11.1 Å². The molecular weight excluding hydrogens is 334 g/mol. The van der Waals surface area contributed by atoms with Gasteiger partial charge in [-0.3, -0.25) is 4.98 Å². The first-order valence-electron chi connectivity index (χ1n) is 7.84. The number of nitrogens with zero attached hydrogens (tertiary/aromatic N) is 3. The van der Waals surface area contributed by atoms with Gasteiger partial charge >= 0.3 is 12.1 Å². The van der Waals surface area contributed by atoms with Crippen LogP contribution in [0.2, 0.25) is 0 Å². The first-order chi connectivity index (χ1) is 12.3. The van der Waals surface area contributed by atoms with Crippen molar-refractivity contribution in [2.75, 3.05) is 14.1 Å². The number of nitrogens with one attached hydrogen (secondary N) is 1. The van der Waals surface area contributed by atoms with Gasteiger partial charge in [-0.15, -0.1) is 0 Å². The van der Waals surface area contributed by atoms with Crippen LogP contribution in [0.5, 0.6) is 5.75 Å². The number of rotatable bonds is 4. The number of hydrogen-bond acceptors (Lipinski definition) is 5. The fourth-order valence-corrected chi connectivity index (χ4v) is 2.44. The zero-order valence-electron chi connectivity index (χ0n) is 15.1. The Hall–Kier alpha value is -3.42. The third-order valence-corrected chi connectivity index (χ3v) is 3.60. The number of hydrazone groups is 1. The standard InChI is InChI=1S/C18H21N5O3/c1-11-6-5-7-12(2)15(11)13-8-9-20-14(10-21-22-17(19)24)16(13)26-18(25)23(3)4/h5-10H,1-4H3,(H3,19,22,24). The van der Waals surface area contributed by atoms with Crippen molar-refractivity contribution in [2.24, 2.45) is 10.8 Å². The Bertz CT molecular complexity index is 842. The minimum absolute atomic E-state index is 0.249. The summed E-state index contributed by atoms with van der Waals surface area (Å²) in [5.41, 5.74) is 11.1. The van der Waals surface area contributed by atoms with E-state index >= 15 is 0 Å². The Morgan fingerprint density at radius 2 is 1.88 bits per heavy atom. The van der Waals surface area contributed by atoms with E-state index < -0.39 is 12.1 Å². The van der Waals surface area contributed by atoms with Crippen LogP contribution >= 0.6 is 0 Å². The van der Waals surface area contributed by atoms with Crippen LogP contribution in [0.25, 0.3) is 11.1 Å². The second kappa shape index (κ2) is 8.11.